The highest BCUT2D eigenvalue weighted by atomic mass is 19.1. The molecule has 3 rings (SSSR count). The van der Waals surface area contributed by atoms with Crippen molar-refractivity contribution in [3.63, 3.8) is 0 Å². The number of nitrogens with one attached hydrogen (secondary N) is 1. The number of nitrogens with zero attached hydrogens (tertiary/aromatic N) is 2. The lowest BCUT2D eigenvalue weighted by atomic mass is 10.1. The van der Waals surface area contributed by atoms with Crippen LogP contribution in [0.5, 0.6) is 5.75 Å². The van der Waals surface area contributed by atoms with Gasteiger partial charge in [-0.05, 0) is 18.6 Å². The molecule has 6 heteroatoms. The fourth-order valence-electron chi connectivity index (χ4n) is 2.56. The monoisotopic (exact) mass is 275 g/mol. The van der Waals surface area contributed by atoms with Crippen molar-refractivity contribution in [3.8, 4) is 5.75 Å². The van der Waals surface area contributed by atoms with Gasteiger partial charge in [0, 0.05) is 30.3 Å². The quantitative estimate of drug-likeness (QED) is 0.907. The summed E-state index contributed by atoms with van der Waals surface area (Å²) in [6.07, 6.45) is 1.62. The van der Waals surface area contributed by atoms with Gasteiger partial charge in [-0.2, -0.15) is 5.10 Å². The Balaban J connectivity index is 2.02. The Labute approximate surface area is 115 Å². The molecule has 0 radical (unpaired) electrons. The summed E-state index contributed by atoms with van der Waals surface area (Å²) < 4.78 is 18.7. The molecule has 2 aromatic rings. The van der Waals surface area contributed by atoms with Crippen LogP contribution in [-0.4, -0.2) is 17.3 Å². The summed E-state index contributed by atoms with van der Waals surface area (Å²) >= 11 is 0. The number of methoxy groups -OCH3 is 1. The average molecular weight is 275 g/mol. The van der Waals surface area contributed by atoms with Gasteiger partial charge >= 0.3 is 0 Å². The lowest BCUT2D eigenvalue weighted by molar-refractivity contribution is 0.407. The molecule has 0 aliphatic carbocycles. The van der Waals surface area contributed by atoms with Crippen LogP contribution in [0.25, 0.3) is 0 Å². The molecule has 1 aromatic carbocycles. The number of hydrogen-bond donors (Lipinski definition) is 1. The van der Waals surface area contributed by atoms with Gasteiger partial charge in [0.05, 0.1) is 19.0 Å². The summed E-state index contributed by atoms with van der Waals surface area (Å²) in [6, 6.07) is 2.89. The van der Waals surface area contributed by atoms with E-state index in [0.29, 0.717) is 24.4 Å². The van der Waals surface area contributed by atoms with Crippen molar-refractivity contribution in [1.82, 2.24) is 10.2 Å². The van der Waals surface area contributed by atoms with Crippen LogP contribution in [-0.2, 0) is 13.1 Å². The van der Waals surface area contributed by atoms with E-state index in [0.717, 1.165) is 16.8 Å². The lowest BCUT2D eigenvalue weighted by Crippen LogP contribution is -2.21. The van der Waals surface area contributed by atoms with Crippen molar-refractivity contribution in [2.45, 2.75) is 20.0 Å². The van der Waals surface area contributed by atoms with E-state index in [-0.39, 0.29) is 11.4 Å². The van der Waals surface area contributed by atoms with Crippen molar-refractivity contribution < 1.29 is 9.13 Å². The number of benzene rings is 1. The van der Waals surface area contributed by atoms with Gasteiger partial charge in [-0.15, -0.1) is 0 Å². The van der Waals surface area contributed by atoms with Crippen LogP contribution in [0.3, 0.4) is 0 Å². The minimum absolute atomic E-state index is 0.211. The minimum Gasteiger partial charge on any atom is -0.496 e. The summed E-state index contributed by atoms with van der Waals surface area (Å²) in [5, 5.41) is 6.23. The number of anilines is 1. The van der Waals surface area contributed by atoms with E-state index in [4.69, 9.17) is 4.74 Å². The molecule has 0 saturated carbocycles. The van der Waals surface area contributed by atoms with E-state index in [2.05, 4.69) is 10.2 Å². The summed E-state index contributed by atoms with van der Waals surface area (Å²) in [5.41, 5.74) is 2.98. The molecule has 5 nitrogen and oxygen atoms in total. The molecule has 2 heterocycles. The third kappa shape index (κ3) is 1.93. The molecule has 0 saturated heterocycles. The van der Waals surface area contributed by atoms with Gasteiger partial charge in [-0.25, -0.2) is 9.49 Å². The molecular formula is C14H14FN3O2. The number of halogens is 1. The van der Waals surface area contributed by atoms with E-state index in [1.165, 1.54) is 19.2 Å². The van der Waals surface area contributed by atoms with Crippen LogP contribution in [0.2, 0.25) is 0 Å². The molecule has 104 valence electrons. The molecular weight excluding hydrogens is 261 g/mol. The zero-order chi connectivity index (χ0) is 14.3. The van der Waals surface area contributed by atoms with Crippen LogP contribution in [0.1, 0.15) is 16.7 Å². The molecule has 1 aliphatic rings. The topological polar surface area (TPSA) is 58.2 Å². The second-order valence-electron chi connectivity index (χ2n) is 4.81. The third-order valence-electron chi connectivity index (χ3n) is 3.61. The molecule has 0 unspecified atom stereocenters. The first kappa shape index (κ1) is 12.7. The number of aromatic amines is 1. The van der Waals surface area contributed by atoms with Crippen molar-refractivity contribution in [3.05, 3.63) is 51.2 Å². The van der Waals surface area contributed by atoms with E-state index in [1.807, 2.05) is 4.90 Å². The fraction of sp³-hybridized carbons (Fsp3) is 0.286. The van der Waals surface area contributed by atoms with E-state index in [9.17, 15) is 9.18 Å². The van der Waals surface area contributed by atoms with Gasteiger partial charge in [0.25, 0.3) is 5.56 Å². The van der Waals surface area contributed by atoms with Crippen molar-refractivity contribution >= 4 is 5.69 Å². The largest absolute Gasteiger partial charge is 0.496 e. The Kier molecular flexibility index (Phi) is 2.93. The highest BCUT2D eigenvalue weighted by Gasteiger charge is 2.25. The van der Waals surface area contributed by atoms with Gasteiger partial charge in [0.15, 0.2) is 0 Å². The van der Waals surface area contributed by atoms with E-state index >= 15 is 0 Å². The number of aromatic nitrogens is 2. The number of H-pyrrole nitrogens is 1. The zero-order valence-electron chi connectivity index (χ0n) is 11.2. The van der Waals surface area contributed by atoms with Gasteiger partial charge in [0.1, 0.15) is 11.6 Å². The minimum atomic E-state index is -0.316. The smallest absolute Gasteiger partial charge is 0.269 e. The summed E-state index contributed by atoms with van der Waals surface area (Å²) in [5.74, 6) is 0.223. The zero-order valence-corrected chi connectivity index (χ0v) is 11.2. The van der Waals surface area contributed by atoms with Crippen molar-refractivity contribution in [1.29, 1.82) is 0 Å². The second kappa shape index (κ2) is 4.63. The maximum atomic E-state index is 13.5. The molecule has 0 spiro atoms. The first-order chi connectivity index (χ1) is 9.60. The maximum absolute atomic E-state index is 13.5. The molecule has 0 amide bonds. The first-order valence-corrected chi connectivity index (χ1v) is 6.24. The lowest BCUT2D eigenvalue weighted by Gasteiger charge is -2.18. The van der Waals surface area contributed by atoms with Crippen LogP contribution < -0.4 is 15.2 Å². The van der Waals surface area contributed by atoms with Gasteiger partial charge < -0.3 is 9.64 Å². The Bertz CT molecular complexity index is 727. The summed E-state index contributed by atoms with van der Waals surface area (Å²) in [6.45, 7) is 2.86. The van der Waals surface area contributed by atoms with Crippen LogP contribution in [0.15, 0.2) is 23.1 Å². The highest BCUT2D eigenvalue weighted by molar-refractivity contribution is 5.57. The predicted octanol–water partition coefficient (Wildman–Crippen LogP) is 1.75. The highest BCUT2D eigenvalue weighted by Crippen LogP contribution is 2.34. The second-order valence-corrected chi connectivity index (χ2v) is 4.81. The molecule has 0 atom stereocenters. The van der Waals surface area contributed by atoms with Crippen LogP contribution in [0, 0.1) is 12.7 Å². The molecule has 1 N–H and O–H groups in total. The van der Waals surface area contributed by atoms with Crippen molar-refractivity contribution in [2.75, 3.05) is 12.0 Å². The Morgan fingerprint density at radius 3 is 2.95 bits per heavy atom. The average Bonchev–Trinajstić information content (AvgIpc) is 2.84. The summed E-state index contributed by atoms with van der Waals surface area (Å²) in [7, 11) is 1.53. The molecule has 0 bridgehead atoms. The SMILES string of the molecule is COc1cc(F)cc2c1CN(c1cn[nH]c(=O)c1C)C2. The van der Waals surface area contributed by atoms with Gasteiger partial charge in [-0.3, -0.25) is 4.79 Å². The molecule has 1 aliphatic heterocycles. The van der Waals surface area contributed by atoms with Gasteiger partial charge in [0.2, 0.25) is 0 Å². The number of rotatable bonds is 2. The molecule has 0 fully saturated rings. The third-order valence-corrected chi connectivity index (χ3v) is 3.61. The maximum Gasteiger partial charge on any atom is 0.269 e. The Hall–Kier alpha value is -2.37. The summed E-state index contributed by atoms with van der Waals surface area (Å²) in [4.78, 5) is 13.6. The fourth-order valence-corrected chi connectivity index (χ4v) is 2.56. The van der Waals surface area contributed by atoms with Crippen LogP contribution >= 0.6 is 0 Å². The van der Waals surface area contributed by atoms with E-state index in [1.54, 1.807) is 13.1 Å². The van der Waals surface area contributed by atoms with Crippen molar-refractivity contribution in [2.24, 2.45) is 0 Å². The Morgan fingerprint density at radius 1 is 1.40 bits per heavy atom. The first-order valence-electron chi connectivity index (χ1n) is 6.24. The Morgan fingerprint density at radius 2 is 2.20 bits per heavy atom. The van der Waals surface area contributed by atoms with E-state index < -0.39 is 0 Å². The van der Waals surface area contributed by atoms with Crippen LogP contribution in [0.4, 0.5) is 10.1 Å². The predicted molar refractivity (Wildman–Crippen MR) is 72.4 cm³/mol. The normalized spacial score (nSPS) is 13.4. The molecule has 1 aromatic heterocycles. The molecule has 20 heavy (non-hydrogen) atoms. The number of ether oxygens (including phenoxy) is 1. The van der Waals surface area contributed by atoms with Gasteiger partial charge in [-0.1, -0.05) is 0 Å². The number of hydrogen-bond acceptors (Lipinski definition) is 4. The number of fused-ring (bicyclic) bond motifs is 1. The standard InChI is InChI=1S/C14H14FN3O2/c1-8-12(5-16-17-14(8)19)18-6-9-3-10(15)4-13(20-2)11(9)7-18/h3-5H,6-7H2,1-2H3,(H,17,19).